The summed E-state index contributed by atoms with van der Waals surface area (Å²) in [5.74, 6) is 2.98. The zero-order chi connectivity index (χ0) is 53.8. The van der Waals surface area contributed by atoms with Crippen LogP contribution in [0.3, 0.4) is 0 Å². The second-order valence-corrected chi connectivity index (χ2v) is 23.8. The molecule has 0 radical (unpaired) electrons. The second kappa shape index (κ2) is 20.1. The van der Waals surface area contributed by atoms with Gasteiger partial charge in [0.15, 0.2) is 0 Å². The van der Waals surface area contributed by atoms with Gasteiger partial charge in [0.25, 0.3) is 0 Å². The number of benzene rings is 8. The average molecular weight is 1010 g/mol. The zero-order valence-corrected chi connectivity index (χ0v) is 46.8. The highest BCUT2D eigenvalue weighted by atomic mass is 16.5. The van der Waals surface area contributed by atoms with Crippen LogP contribution in [0.15, 0.2) is 213 Å². The van der Waals surface area contributed by atoms with Gasteiger partial charge < -0.3 is 14.5 Å². The van der Waals surface area contributed by atoms with Crippen molar-refractivity contribution < 1.29 is 4.74 Å². The van der Waals surface area contributed by atoms with Gasteiger partial charge in [-0.2, -0.15) is 0 Å². The van der Waals surface area contributed by atoms with E-state index < -0.39 is 0 Å². The Balaban J connectivity index is 1.09. The van der Waals surface area contributed by atoms with Crippen molar-refractivity contribution in [2.75, 3.05) is 16.5 Å². The summed E-state index contributed by atoms with van der Waals surface area (Å²) in [4.78, 5) is 9.98. The lowest BCUT2D eigenvalue weighted by Crippen LogP contribution is -2.28. The minimum absolute atomic E-state index is 0.0353. The predicted octanol–water partition coefficient (Wildman–Crippen LogP) is 19.1. The molecule has 386 valence electrons. The standard InChI is InChI=1S/C72H72N4O/c1-48(2)61-31-23-32-62(49(3)4)69(61)67-46-74(57-41-55(71(8,9)52-26-17-13-18-27-52)40-56(42-57)72(10,11)53-28-19-14-20-29-53)47-75(67)58-38-51(50-24-15-12-16-25-50)39-60(44-58)77-59-34-35-64-63-30-21-22-33-65(63)76(66(64)45-59)68-43-54(36-37-73-68)70(5,6)7/h12-46,48-49H,47H2,1-11H3. The first-order valence-electron chi connectivity index (χ1n) is 27.5. The lowest BCUT2D eigenvalue weighted by molar-refractivity contribution is 0.483. The van der Waals surface area contributed by atoms with Crippen LogP contribution in [0.1, 0.15) is 133 Å². The summed E-state index contributed by atoms with van der Waals surface area (Å²) >= 11 is 0. The van der Waals surface area contributed by atoms with Crippen molar-refractivity contribution >= 4 is 38.9 Å². The first kappa shape index (κ1) is 51.0. The van der Waals surface area contributed by atoms with Crippen LogP contribution in [-0.2, 0) is 16.2 Å². The fourth-order valence-electron chi connectivity index (χ4n) is 11.5. The number of rotatable bonds is 13. The number of ether oxygens (including phenoxy) is 1. The maximum atomic E-state index is 7.19. The summed E-state index contributed by atoms with van der Waals surface area (Å²) in [7, 11) is 0. The Morgan fingerprint density at radius 1 is 0.455 bits per heavy atom. The van der Waals surface area contributed by atoms with Gasteiger partial charge in [0.05, 0.1) is 23.4 Å². The Morgan fingerprint density at radius 3 is 1.65 bits per heavy atom. The number of fused-ring (bicyclic) bond motifs is 3. The fourth-order valence-corrected chi connectivity index (χ4v) is 11.5. The lowest BCUT2D eigenvalue weighted by Gasteiger charge is -2.33. The van der Waals surface area contributed by atoms with Crippen LogP contribution >= 0.6 is 0 Å². The van der Waals surface area contributed by atoms with E-state index in [1.807, 2.05) is 6.20 Å². The second-order valence-electron chi connectivity index (χ2n) is 23.8. The van der Waals surface area contributed by atoms with Gasteiger partial charge in [0, 0.05) is 63.1 Å². The van der Waals surface area contributed by atoms with E-state index in [0.29, 0.717) is 18.5 Å². The van der Waals surface area contributed by atoms with E-state index in [-0.39, 0.29) is 16.2 Å². The normalized spacial score (nSPS) is 13.3. The third-order valence-electron chi connectivity index (χ3n) is 16.2. The van der Waals surface area contributed by atoms with Crippen molar-refractivity contribution in [3.05, 3.63) is 257 Å². The summed E-state index contributed by atoms with van der Waals surface area (Å²) in [6, 6.07) is 73.1. The fraction of sp³-hybridized carbons (Fsp3) is 0.236. The highest BCUT2D eigenvalue weighted by Gasteiger charge is 2.34. The summed E-state index contributed by atoms with van der Waals surface area (Å²) in [5.41, 5.74) is 17.4. The molecule has 0 amide bonds. The molecule has 0 unspecified atom stereocenters. The molecule has 0 spiro atoms. The molecule has 0 fully saturated rings. The first-order valence-corrected chi connectivity index (χ1v) is 27.5. The van der Waals surface area contributed by atoms with Crippen molar-refractivity contribution in [3.8, 4) is 28.4 Å². The van der Waals surface area contributed by atoms with E-state index in [4.69, 9.17) is 9.72 Å². The topological polar surface area (TPSA) is 33.5 Å². The van der Waals surface area contributed by atoms with Gasteiger partial charge in [-0.1, -0.05) is 210 Å². The summed E-state index contributed by atoms with van der Waals surface area (Å²) in [5, 5.41) is 2.33. The number of aromatic nitrogens is 2. The van der Waals surface area contributed by atoms with Crippen molar-refractivity contribution in [1.29, 1.82) is 0 Å². The van der Waals surface area contributed by atoms with Crippen LogP contribution in [0.4, 0.5) is 11.4 Å². The van der Waals surface area contributed by atoms with Gasteiger partial charge in [0.2, 0.25) is 0 Å². The van der Waals surface area contributed by atoms with Gasteiger partial charge in [-0.25, -0.2) is 4.98 Å². The smallest absolute Gasteiger partial charge is 0.137 e. The SMILES string of the molecule is CC(C)c1cccc(C(C)C)c1C1=CN(c2cc(C(C)(C)c3ccccc3)cc(C(C)(C)c3ccccc3)c2)CN1c1cc(Oc2ccc3c4ccccc4n(-c4cc(C(C)(C)C)ccn4)c3c2)cc(-c2ccccc2)c1. The number of hydrogen-bond acceptors (Lipinski definition) is 4. The molecule has 0 aliphatic carbocycles. The van der Waals surface area contributed by atoms with Gasteiger partial charge in [0.1, 0.15) is 17.3 Å². The minimum atomic E-state index is -0.277. The number of nitrogens with zero attached hydrogens (tertiary/aromatic N) is 4. The Hall–Kier alpha value is -8.15. The summed E-state index contributed by atoms with van der Waals surface area (Å²) in [6.07, 6.45) is 4.36. The summed E-state index contributed by atoms with van der Waals surface area (Å²) < 4.78 is 9.47. The molecule has 5 nitrogen and oxygen atoms in total. The highest BCUT2D eigenvalue weighted by Crippen LogP contribution is 2.46. The zero-order valence-electron chi connectivity index (χ0n) is 46.8. The largest absolute Gasteiger partial charge is 0.457 e. The maximum absolute atomic E-state index is 7.19. The van der Waals surface area contributed by atoms with Crippen LogP contribution in [0.5, 0.6) is 11.5 Å². The van der Waals surface area contributed by atoms with Gasteiger partial charge in [-0.05, 0) is 122 Å². The Kier molecular flexibility index (Phi) is 13.3. The number of para-hydroxylation sites is 1. The molecule has 0 saturated carbocycles. The van der Waals surface area contributed by atoms with Crippen molar-refractivity contribution in [3.63, 3.8) is 0 Å². The quantitative estimate of drug-likeness (QED) is 0.115. The Morgan fingerprint density at radius 2 is 1.04 bits per heavy atom. The molecule has 2 aromatic heterocycles. The third kappa shape index (κ3) is 9.73. The van der Waals surface area contributed by atoms with E-state index in [2.05, 4.69) is 297 Å². The molecule has 8 aromatic carbocycles. The molecule has 11 rings (SSSR count). The average Bonchev–Trinajstić information content (AvgIpc) is 4.15. The van der Waals surface area contributed by atoms with E-state index in [9.17, 15) is 0 Å². The van der Waals surface area contributed by atoms with Crippen molar-refractivity contribution in [2.24, 2.45) is 0 Å². The van der Waals surface area contributed by atoms with Gasteiger partial charge >= 0.3 is 0 Å². The molecular formula is C72H72N4O. The Labute approximate surface area is 457 Å². The van der Waals surface area contributed by atoms with E-state index in [1.54, 1.807) is 0 Å². The molecule has 0 saturated heterocycles. The van der Waals surface area contributed by atoms with Crippen LogP contribution in [0.2, 0.25) is 0 Å². The molecular weight excluding hydrogens is 937 g/mol. The van der Waals surface area contributed by atoms with Crippen LogP contribution in [0.25, 0.3) is 44.4 Å². The van der Waals surface area contributed by atoms with Crippen LogP contribution in [-0.4, -0.2) is 16.2 Å². The third-order valence-corrected chi connectivity index (χ3v) is 16.2. The number of anilines is 2. The minimum Gasteiger partial charge on any atom is -0.457 e. The molecule has 5 heteroatoms. The predicted molar refractivity (Wildman–Crippen MR) is 325 cm³/mol. The summed E-state index contributed by atoms with van der Waals surface area (Å²) in [6.45, 7) is 26.1. The maximum Gasteiger partial charge on any atom is 0.137 e. The van der Waals surface area contributed by atoms with E-state index >= 15 is 0 Å². The Bertz CT molecular complexity index is 3700. The van der Waals surface area contributed by atoms with Gasteiger partial charge in [-0.3, -0.25) is 4.57 Å². The molecule has 0 N–H and O–H groups in total. The highest BCUT2D eigenvalue weighted by molar-refractivity contribution is 6.09. The van der Waals surface area contributed by atoms with Crippen LogP contribution in [0, 0.1) is 0 Å². The first-order chi connectivity index (χ1) is 36.9. The van der Waals surface area contributed by atoms with E-state index in [1.165, 1.54) is 55.6 Å². The molecule has 0 atom stereocenters. The van der Waals surface area contributed by atoms with Gasteiger partial charge in [-0.15, -0.1) is 0 Å². The number of pyridine rings is 1. The molecule has 1 aliphatic rings. The molecule has 1 aliphatic heterocycles. The lowest BCUT2D eigenvalue weighted by atomic mass is 9.73. The van der Waals surface area contributed by atoms with Crippen molar-refractivity contribution in [2.45, 2.75) is 104 Å². The molecule has 10 aromatic rings. The van der Waals surface area contributed by atoms with E-state index in [0.717, 1.165) is 56.2 Å². The van der Waals surface area contributed by atoms with Crippen molar-refractivity contribution in [1.82, 2.24) is 9.55 Å². The van der Waals surface area contributed by atoms with Crippen LogP contribution < -0.4 is 14.5 Å². The molecule has 0 bridgehead atoms. The molecule has 77 heavy (non-hydrogen) atoms. The molecule has 3 heterocycles. The number of hydrogen-bond donors (Lipinski definition) is 0. The monoisotopic (exact) mass is 1010 g/mol.